The fourth-order valence-corrected chi connectivity index (χ4v) is 6.75. The van der Waals surface area contributed by atoms with Crippen molar-refractivity contribution in [3.05, 3.63) is 24.3 Å². The predicted octanol–water partition coefficient (Wildman–Crippen LogP) is 13.8. The maximum Gasteiger partial charge on any atom is 0.306 e. The summed E-state index contributed by atoms with van der Waals surface area (Å²) >= 11 is 0. The van der Waals surface area contributed by atoms with Crippen molar-refractivity contribution >= 4 is 5.97 Å². The van der Waals surface area contributed by atoms with E-state index in [0.29, 0.717) is 6.42 Å². The first-order chi connectivity index (χ1) is 24.2. The van der Waals surface area contributed by atoms with Crippen molar-refractivity contribution in [3.8, 4) is 0 Å². The lowest BCUT2D eigenvalue weighted by atomic mass is 10.0. The molecule has 0 aliphatic carbocycles. The molecule has 0 spiro atoms. The fraction of sp³-hybridized carbons (Fsp3) is 0.889. The summed E-state index contributed by atoms with van der Waals surface area (Å²) in [5, 5.41) is 9.55. The van der Waals surface area contributed by atoms with E-state index in [9.17, 15) is 9.90 Å². The minimum atomic E-state index is 0.0318. The van der Waals surface area contributed by atoms with E-state index in [1.807, 2.05) is 0 Å². The zero-order valence-corrected chi connectivity index (χ0v) is 33.6. The minimum absolute atomic E-state index is 0.0318. The first-order valence-corrected chi connectivity index (χ1v) is 22.0. The van der Waals surface area contributed by atoms with E-state index in [4.69, 9.17) is 4.74 Å². The monoisotopic (exact) mass is 690 g/mol. The number of nitrogens with zero attached hydrogens (tertiary/aromatic N) is 1. The van der Waals surface area contributed by atoms with Crippen molar-refractivity contribution in [3.63, 3.8) is 0 Å². The second-order valence-electron chi connectivity index (χ2n) is 14.9. The van der Waals surface area contributed by atoms with Crippen LogP contribution in [0.2, 0.25) is 0 Å². The van der Waals surface area contributed by atoms with E-state index in [1.54, 1.807) is 0 Å². The topological polar surface area (TPSA) is 49.8 Å². The molecule has 1 N–H and O–H groups in total. The number of esters is 1. The molecule has 0 aromatic carbocycles. The minimum Gasteiger partial charge on any atom is -0.462 e. The zero-order valence-electron chi connectivity index (χ0n) is 33.6. The lowest BCUT2D eigenvalue weighted by Gasteiger charge is -2.21. The molecule has 0 radical (unpaired) electrons. The molecule has 0 amide bonds. The second-order valence-corrected chi connectivity index (χ2v) is 14.9. The van der Waals surface area contributed by atoms with E-state index in [-0.39, 0.29) is 18.7 Å². The molecule has 0 aromatic rings. The lowest BCUT2D eigenvalue weighted by molar-refractivity contribution is -0.150. The van der Waals surface area contributed by atoms with Crippen LogP contribution in [0, 0.1) is 0 Å². The average Bonchev–Trinajstić information content (AvgIpc) is 3.10. The van der Waals surface area contributed by atoms with Gasteiger partial charge in [0, 0.05) is 13.0 Å². The number of carbonyl (C=O) groups is 1. The largest absolute Gasteiger partial charge is 0.462 e. The molecule has 0 fully saturated rings. The first-order valence-electron chi connectivity index (χ1n) is 22.0. The first kappa shape index (κ1) is 47.9. The SMILES string of the molecule is CCCCC/C=C\C/C=C\CCCCCCCCN(CCO)CCCCCCCC(=O)OC(CCCCCCCC)CCCCCCCC. The number of hydrogen-bond donors (Lipinski definition) is 1. The standard InChI is InChI=1S/C45H87NO3/c1-4-7-10-13-16-17-18-19-20-21-22-23-24-25-30-35-40-46(42-43-47)41-36-31-26-29-34-39-45(48)49-44(37-32-27-14-11-8-5-2)38-33-28-15-12-9-6-3/h16-17,19-20,44,47H,4-15,18,21-43H2,1-3H3/b17-16-,20-19-. The molecule has 0 heterocycles. The molecule has 49 heavy (non-hydrogen) atoms. The number of ether oxygens (including phenoxy) is 1. The third-order valence-electron chi connectivity index (χ3n) is 10.0. The van der Waals surface area contributed by atoms with Crippen LogP contribution >= 0.6 is 0 Å². The van der Waals surface area contributed by atoms with Gasteiger partial charge < -0.3 is 14.7 Å². The van der Waals surface area contributed by atoms with E-state index in [0.717, 1.165) is 51.7 Å². The van der Waals surface area contributed by atoms with Crippen molar-refractivity contribution in [2.45, 2.75) is 232 Å². The summed E-state index contributed by atoms with van der Waals surface area (Å²) in [6.45, 7) is 10.0. The van der Waals surface area contributed by atoms with Crippen LogP contribution in [0.25, 0.3) is 0 Å². The number of aliphatic hydroxyl groups excluding tert-OH is 1. The molecule has 0 bridgehead atoms. The van der Waals surface area contributed by atoms with Gasteiger partial charge in [0.1, 0.15) is 6.10 Å². The summed E-state index contributed by atoms with van der Waals surface area (Å²) in [7, 11) is 0. The number of rotatable bonds is 40. The van der Waals surface area contributed by atoms with Gasteiger partial charge >= 0.3 is 5.97 Å². The zero-order chi connectivity index (χ0) is 35.7. The van der Waals surface area contributed by atoms with E-state index in [1.165, 1.54) is 167 Å². The Balaban J connectivity index is 3.94. The van der Waals surface area contributed by atoms with E-state index < -0.39 is 0 Å². The van der Waals surface area contributed by atoms with Crippen LogP contribution in [-0.4, -0.2) is 48.3 Å². The number of unbranched alkanes of at least 4 members (excludes halogenated alkanes) is 23. The van der Waals surface area contributed by atoms with Gasteiger partial charge in [-0.05, 0) is 90.1 Å². The summed E-state index contributed by atoms with van der Waals surface area (Å²) in [6, 6.07) is 0. The molecular weight excluding hydrogens is 602 g/mol. The van der Waals surface area contributed by atoms with Gasteiger partial charge in [0.05, 0.1) is 6.61 Å². The molecular formula is C45H87NO3. The molecule has 4 heteroatoms. The maximum atomic E-state index is 12.7. The maximum absolute atomic E-state index is 12.7. The second kappa shape index (κ2) is 41.3. The summed E-state index contributed by atoms with van der Waals surface area (Å²) in [5.74, 6) is 0.0318. The van der Waals surface area contributed by atoms with Crippen LogP contribution < -0.4 is 0 Å². The summed E-state index contributed by atoms with van der Waals surface area (Å²) in [6.07, 6.45) is 48.7. The van der Waals surface area contributed by atoms with Gasteiger partial charge in [-0.2, -0.15) is 0 Å². The Morgan fingerprint density at radius 2 is 0.918 bits per heavy atom. The highest BCUT2D eigenvalue weighted by Crippen LogP contribution is 2.18. The number of carbonyl (C=O) groups excluding carboxylic acids is 1. The molecule has 0 saturated heterocycles. The average molecular weight is 690 g/mol. The van der Waals surface area contributed by atoms with Crippen molar-refractivity contribution in [1.82, 2.24) is 4.90 Å². The number of allylic oxidation sites excluding steroid dienone is 4. The van der Waals surface area contributed by atoms with Gasteiger partial charge in [0.25, 0.3) is 0 Å². The lowest BCUT2D eigenvalue weighted by Crippen LogP contribution is -2.29. The van der Waals surface area contributed by atoms with Crippen molar-refractivity contribution in [2.24, 2.45) is 0 Å². The van der Waals surface area contributed by atoms with Crippen LogP contribution in [0.5, 0.6) is 0 Å². The van der Waals surface area contributed by atoms with Crippen molar-refractivity contribution in [2.75, 3.05) is 26.2 Å². The quantitative estimate of drug-likeness (QED) is 0.0395. The molecule has 0 aliphatic rings. The van der Waals surface area contributed by atoms with Gasteiger partial charge in [-0.15, -0.1) is 0 Å². The molecule has 0 rings (SSSR count). The predicted molar refractivity (Wildman–Crippen MR) is 216 cm³/mol. The molecule has 0 unspecified atom stereocenters. The van der Waals surface area contributed by atoms with Crippen molar-refractivity contribution < 1.29 is 14.6 Å². The van der Waals surface area contributed by atoms with Gasteiger partial charge in [0.15, 0.2) is 0 Å². The highest BCUT2D eigenvalue weighted by molar-refractivity contribution is 5.69. The Morgan fingerprint density at radius 3 is 1.43 bits per heavy atom. The van der Waals surface area contributed by atoms with Gasteiger partial charge in [-0.1, -0.05) is 167 Å². The van der Waals surface area contributed by atoms with Crippen LogP contribution in [0.3, 0.4) is 0 Å². The Kier molecular flexibility index (Phi) is 40.3. The molecule has 4 nitrogen and oxygen atoms in total. The Hall–Kier alpha value is -1.13. The fourth-order valence-electron chi connectivity index (χ4n) is 6.75. The van der Waals surface area contributed by atoms with Gasteiger partial charge in [-0.25, -0.2) is 0 Å². The molecule has 290 valence electrons. The smallest absolute Gasteiger partial charge is 0.306 e. The third kappa shape index (κ3) is 37.9. The van der Waals surface area contributed by atoms with Gasteiger partial charge in [0.2, 0.25) is 0 Å². The Bertz CT molecular complexity index is 689. The molecule has 0 saturated carbocycles. The number of hydrogen-bond acceptors (Lipinski definition) is 4. The normalized spacial score (nSPS) is 12.0. The highest BCUT2D eigenvalue weighted by Gasteiger charge is 2.14. The summed E-state index contributed by atoms with van der Waals surface area (Å²) in [4.78, 5) is 15.1. The Morgan fingerprint density at radius 1 is 0.510 bits per heavy atom. The van der Waals surface area contributed by atoms with Crippen LogP contribution in [-0.2, 0) is 9.53 Å². The molecule has 0 aromatic heterocycles. The van der Waals surface area contributed by atoms with E-state index in [2.05, 4.69) is 50.0 Å². The Labute approximate surface area is 307 Å². The van der Waals surface area contributed by atoms with Crippen molar-refractivity contribution in [1.29, 1.82) is 0 Å². The summed E-state index contributed by atoms with van der Waals surface area (Å²) < 4.78 is 6.03. The third-order valence-corrected chi connectivity index (χ3v) is 10.0. The van der Waals surface area contributed by atoms with Crippen LogP contribution in [0.1, 0.15) is 226 Å². The van der Waals surface area contributed by atoms with E-state index >= 15 is 0 Å². The highest BCUT2D eigenvalue weighted by atomic mass is 16.5. The van der Waals surface area contributed by atoms with Crippen LogP contribution in [0.4, 0.5) is 0 Å². The molecule has 0 aliphatic heterocycles. The van der Waals surface area contributed by atoms with Crippen LogP contribution in [0.15, 0.2) is 24.3 Å². The van der Waals surface area contributed by atoms with Gasteiger partial charge in [-0.3, -0.25) is 4.79 Å². The molecule has 0 atom stereocenters. The number of aliphatic hydroxyl groups is 1. The summed E-state index contributed by atoms with van der Waals surface area (Å²) in [5.41, 5.74) is 0.